The second kappa shape index (κ2) is 14.0. The van der Waals surface area contributed by atoms with Gasteiger partial charge in [0.15, 0.2) is 0 Å². The zero-order valence-electron chi connectivity index (χ0n) is 23.1. The van der Waals surface area contributed by atoms with Gasteiger partial charge in [-0.05, 0) is 59.7 Å². The van der Waals surface area contributed by atoms with E-state index in [-0.39, 0.29) is 41.3 Å². The molecule has 217 valence electrons. The van der Waals surface area contributed by atoms with Crippen LogP contribution in [0.4, 0.5) is 11.4 Å². The average molecular weight is 657 g/mol. The summed E-state index contributed by atoms with van der Waals surface area (Å²) in [6.07, 6.45) is 6.46. The summed E-state index contributed by atoms with van der Waals surface area (Å²) in [5, 5.41) is 28.6. The molecule has 0 saturated heterocycles. The van der Waals surface area contributed by atoms with Crippen LogP contribution in [0.3, 0.4) is 0 Å². The number of carbonyl (C=O) groups is 2. The first-order chi connectivity index (χ1) is 20.3. The molecule has 4 aromatic carbocycles. The van der Waals surface area contributed by atoms with E-state index < -0.39 is 0 Å². The molecular weight excluding hydrogens is 634 g/mol. The smallest absolute Gasteiger partial charge is 0.506 e. The van der Waals surface area contributed by atoms with Gasteiger partial charge in [0.2, 0.25) is 11.6 Å². The van der Waals surface area contributed by atoms with E-state index in [1.54, 1.807) is 24.3 Å². The minimum absolute atomic E-state index is 0. The third-order valence-electron chi connectivity index (χ3n) is 6.22. The van der Waals surface area contributed by atoms with Crippen molar-refractivity contribution in [3.63, 3.8) is 0 Å². The number of hydrazone groups is 2. The fraction of sp³-hybridized carbons (Fsp3) is 0. The fourth-order valence-electron chi connectivity index (χ4n) is 4.13. The van der Waals surface area contributed by atoms with Crippen molar-refractivity contribution < 1.29 is 38.0 Å². The molecule has 6 rings (SSSR count). The fourth-order valence-corrected chi connectivity index (χ4v) is 4.47. The average Bonchev–Trinajstić information content (AvgIpc) is 2.99. The minimum atomic E-state index is -0.192. The molecule has 8 nitrogen and oxygen atoms in total. The molecule has 11 heteroatoms. The van der Waals surface area contributed by atoms with Gasteiger partial charge in [-0.2, -0.15) is 10.2 Å². The summed E-state index contributed by atoms with van der Waals surface area (Å²) >= 11 is 11.7. The maximum Gasteiger partial charge on any atom is 1.00 e. The molecular formula is C32H23Cl2CoN4O4+. The summed E-state index contributed by atoms with van der Waals surface area (Å²) in [6, 6.07) is 24.1. The predicted molar refractivity (Wildman–Crippen MR) is 169 cm³/mol. The van der Waals surface area contributed by atoms with E-state index in [0.717, 1.165) is 22.3 Å². The van der Waals surface area contributed by atoms with E-state index in [1.807, 2.05) is 48.5 Å². The summed E-state index contributed by atoms with van der Waals surface area (Å²) in [6.45, 7) is 0. The Morgan fingerprint density at radius 3 is 1.40 bits per heavy atom. The number of halogens is 2. The maximum atomic E-state index is 12.0. The van der Waals surface area contributed by atoms with E-state index in [0.29, 0.717) is 32.8 Å². The molecule has 1 radical (unpaired) electrons. The van der Waals surface area contributed by atoms with E-state index in [1.165, 1.54) is 36.4 Å². The third-order valence-corrected chi connectivity index (χ3v) is 6.69. The molecule has 43 heavy (non-hydrogen) atoms. The van der Waals surface area contributed by atoms with Crippen molar-refractivity contribution in [3.8, 4) is 11.5 Å². The number of nitrogens with one attached hydrogen (secondary N) is 2. The Kier molecular flexibility index (Phi) is 10.2. The first-order valence-electron chi connectivity index (χ1n) is 12.6. The molecule has 0 bridgehead atoms. The van der Waals surface area contributed by atoms with Crippen LogP contribution < -0.4 is 10.9 Å². The van der Waals surface area contributed by atoms with Crippen molar-refractivity contribution in [1.29, 1.82) is 0 Å². The Labute approximate surface area is 268 Å². The summed E-state index contributed by atoms with van der Waals surface area (Å²) in [5.74, 6) is -0.364. The van der Waals surface area contributed by atoms with Crippen LogP contribution in [0.2, 0.25) is 10.0 Å². The number of allylic oxidation sites excluding steroid dienone is 2. The first kappa shape index (κ1) is 31.3. The van der Waals surface area contributed by atoms with Gasteiger partial charge in [0.25, 0.3) is 0 Å². The van der Waals surface area contributed by atoms with Gasteiger partial charge in [-0.3, -0.25) is 20.4 Å². The number of carbonyl (C=O) groups excluding carboxylic acids is 2. The van der Waals surface area contributed by atoms with E-state index in [2.05, 4.69) is 21.1 Å². The normalized spacial score (nSPS) is 14.7. The zero-order valence-corrected chi connectivity index (χ0v) is 24.6. The van der Waals surface area contributed by atoms with Gasteiger partial charge in [0.05, 0.1) is 11.4 Å². The summed E-state index contributed by atoms with van der Waals surface area (Å²) in [5.41, 5.74) is 10.0. The maximum absolute atomic E-state index is 12.0. The van der Waals surface area contributed by atoms with Crippen molar-refractivity contribution in [2.24, 2.45) is 10.2 Å². The molecule has 0 unspecified atom stereocenters. The van der Waals surface area contributed by atoms with Crippen LogP contribution in [0.1, 0.15) is 23.7 Å². The first-order valence-corrected chi connectivity index (χ1v) is 13.3. The number of benzene rings is 4. The van der Waals surface area contributed by atoms with Crippen LogP contribution in [-0.2, 0) is 26.4 Å². The van der Waals surface area contributed by atoms with Crippen LogP contribution in [-0.4, -0.2) is 33.2 Å². The molecule has 0 heterocycles. The predicted octanol–water partition coefficient (Wildman–Crippen LogP) is 7.03. The van der Waals surface area contributed by atoms with Crippen molar-refractivity contribution in [2.45, 2.75) is 0 Å². The molecule has 0 spiro atoms. The molecule has 4 aromatic rings. The Morgan fingerprint density at radius 1 is 0.581 bits per heavy atom. The standard InChI is InChI=1S/2C16H11ClN2O2.Co/c2*17-11-6-8-14(20)13(9-11)18-19-16-12-4-2-1-3-10(12)5-7-15(16)21;/h2*1-9,18,20H;/p+1/b2*19-16-;. The number of anilines is 2. The van der Waals surface area contributed by atoms with Gasteiger partial charge in [-0.15, -0.1) is 0 Å². The van der Waals surface area contributed by atoms with Gasteiger partial charge in [-0.25, -0.2) is 0 Å². The van der Waals surface area contributed by atoms with Gasteiger partial charge >= 0.3 is 1.43 Å². The van der Waals surface area contributed by atoms with Gasteiger partial charge in [0.1, 0.15) is 22.9 Å². The van der Waals surface area contributed by atoms with Crippen LogP contribution in [0.15, 0.2) is 107 Å². The van der Waals surface area contributed by atoms with E-state index in [9.17, 15) is 19.8 Å². The largest absolute Gasteiger partial charge is 1.00 e. The second-order valence-corrected chi connectivity index (χ2v) is 9.91. The zero-order chi connectivity index (χ0) is 29.6. The van der Waals surface area contributed by atoms with Gasteiger partial charge in [-0.1, -0.05) is 83.9 Å². The quantitative estimate of drug-likeness (QED) is 0.138. The number of nitrogens with zero attached hydrogens (tertiary/aromatic N) is 2. The minimum Gasteiger partial charge on any atom is -0.506 e. The number of aromatic hydroxyl groups is 2. The summed E-state index contributed by atoms with van der Waals surface area (Å²) < 4.78 is 0. The monoisotopic (exact) mass is 656 g/mol. The Morgan fingerprint density at radius 2 is 0.977 bits per heavy atom. The third kappa shape index (κ3) is 7.40. The number of fused-ring (bicyclic) bond motifs is 2. The number of phenols is 2. The Bertz CT molecular complexity index is 1710. The van der Waals surface area contributed by atoms with Crippen LogP contribution in [0.5, 0.6) is 11.5 Å². The summed E-state index contributed by atoms with van der Waals surface area (Å²) in [7, 11) is 0. The molecule has 2 aliphatic carbocycles. The number of hydrogen-bond donors (Lipinski definition) is 4. The van der Waals surface area contributed by atoms with Gasteiger partial charge in [0, 0.05) is 38.0 Å². The van der Waals surface area contributed by atoms with Crippen LogP contribution in [0.25, 0.3) is 12.2 Å². The number of rotatable bonds is 4. The molecule has 0 saturated carbocycles. The molecule has 0 amide bonds. The van der Waals surface area contributed by atoms with Crippen LogP contribution >= 0.6 is 23.2 Å². The van der Waals surface area contributed by atoms with Crippen molar-refractivity contribution in [1.82, 2.24) is 0 Å². The van der Waals surface area contributed by atoms with Gasteiger partial charge < -0.3 is 10.2 Å². The topological polar surface area (TPSA) is 123 Å². The SMILES string of the molecule is O=C1C=Cc2ccccc2/C1=N/Nc1cc(Cl)ccc1O.O=C1C=Cc2ccccc2/C1=N/Nc1cc(Cl)ccc1O.[Co].[H+]. The summed E-state index contributed by atoms with van der Waals surface area (Å²) in [4.78, 5) is 24.0. The second-order valence-electron chi connectivity index (χ2n) is 9.04. The van der Waals surface area contributed by atoms with Crippen molar-refractivity contribution >= 4 is 69.7 Å². The molecule has 0 aliphatic heterocycles. The molecule has 0 aromatic heterocycles. The van der Waals surface area contributed by atoms with Crippen LogP contribution in [0, 0.1) is 0 Å². The van der Waals surface area contributed by atoms with E-state index in [4.69, 9.17) is 23.2 Å². The Hall–Kier alpha value is -4.67. The molecule has 0 fully saturated rings. The number of phenolic OH excluding ortho intramolecular Hbond substituents is 2. The van der Waals surface area contributed by atoms with E-state index >= 15 is 0 Å². The molecule has 2 aliphatic rings. The molecule has 4 N–H and O–H groups in total. The van der Waals surface area contributed by atoms with Crippen molar-refractivity contribution in [2.75, 3.05) is 10.9 Å². The molecule has 0 atom stereocenters. The number of hydrogen-bond acceptors (Lipinski definition) is 8. The van der Waals surface area contributed by atoms with Crippen molar-refractivity contribution in [3.05, 3.63) is 129 Å². The Balaban J connectivity index is 0.000000230. The number of ketones is 2.